The third-order valence-corrected chi connectivity index (χ3v) is 12.1. The highest BCUT2D eigenvalue weighted by atomic mass is 35.5. The van der Waals surface area contributed by atoms with Gasteiger partial charge in [0, 0.05) is 54.3 Å². The molecule has 6 aliphatic heterocycles. The van der Waals surface area contributed by atoms with Crippen molar-refractivity contribution in [2.75, 3.05) is 31.5 Å². The Morgan fingerprint density at radius 2 is 1.64 bits per heavy atom. The predicted molar refractivity (Wildman–Crippen MR) is 195 cm³/mol. The summed E-state index contributed by atoms with van der Waals surface area (Å²) in [5, 5.41) is 23.2. The number of halogens is 1. The van der Waals surface area contributed by atoms with Crippen molar-refractivity contribution < 1.29 is 24.0 Å². The molecular weight excluding hydrogens is 722 g/mol. The van der Waals surface area contributed by atoms with E-state index >= 15 is 0 Å². The second-order valence-corrected chi connectivity index (χ2v) is 16.0. The molecular formula is C35H42ClN11O5S. The first-order chi connectivity index (χ1) is 25.7. The summed E-state index contributed by atoms with van der Waals surface area (Å²) in [5.74, 6) is -0.709. The van der Waals surface area contributed by atoms with Gasteiger partial charge >= 0.3 is 0 Å². The van der Waals surface area contributed by atoms with Gasteiger partial charge in [-0.2, -0.15) is 5.10 Å². The second-order valence-electron chi connectivity index (χ2n) is 14.5. The highest BCUT2D eigenvalue weighted by Gasteiger charge is 2.45. The van der Waals surface area contributed by atoms with Gasteiger partial charge in [0.05, 0.1) is 47.6 Å². The number of carbonyl (C=O) groups is 5. The van der Waals surface area contributed by atoms with E-state index in [4.69, 9.17) is 21.7 Å². The molecule has 0 aromatic carbocycles. The number of hydrogen-bond acceptors (Lipinski definition) is 12. The van der Waals surface area contributed by atoms with Crippen LogP contribution < -0.4 is 31.9 Å². The van der Waals surface area contributed by atoms with Crippen molar-refractivity contribution >= 4 is 58.4 Å². The van der Waals surface area contributed by atoms with Crippen molar-refractivity contribution in [3.8, 4) is 11.3 Å². The first-order valence-corrected chi connectivity index (χ1v) is 19.5. The quantitative estimate of drug-likeness (QED) is 0.205. The molecule has 2 atom stereocenters. The number of amides is 5. The summed E-state index contributed by atoms with van der Waals surface area (Å²) in [6.45, 7) is 1.60. The summed E-state index contributed by atoms with van der Waals surface area (Å²) in [6, 6.07) is 0.518. The van der Waals surface area contributed by atoms with Crippen LogP contribution in [0.2, 0.25) is 5.02 Å². The monoisotopic (exact) mass is 763 g/mol. The van der Waals surface area contributed by atoms with Crippen LogP contribution in [0.15, 0.2) is 18.5 Å². The minimum Gasteiger partial charge on any atom is -0.354 e. The van der Waals surface area contributed by atoms with Crippen molar-refractivity contribution in [3.63, 3.8) is 0 Å². The Morgan fingerprint density at radius 3 is 2.43 bits per heavy atom. The van der Waals surface area contributed by atoms with Crippen LogP contribution in [0.4, 0.5) is 5.95 Å². The molecule has 5 amide bonds. The van der Waals surface area contributed by atoms with Crippen molar-refractivity contribution in [1.29, 1.82) is 0 Å². The van der Waals surface area contributed by atoms with Crippen molar-refractivity contribution in [1.82, 2.24) is 51.2 Å². The van der Waals surface area contributed by atoms with Crippen LogP contribution in [0.1, 0.15) is 76.8 Å². The van der Waals surface area contributed by atoms with Gasteiger partial charge in [-0.25, -0.2) is 9.97 Å². The molecule has 16 nitrogen and oxygen atoms in total. The van der Waals surface area contributed by atoms with Crippen LogP contribution in [-0.4, -0.2) is 98.5 Å². The Labute approximate surface area is 314 Å². The number of imide groups is 1. The summed E-state index contributed by atoms with van der Waals surface area (Å²) in [5.41, 5.74) is 2.79. The van der Waals surface area contributed by atoms with Gasteiger partial charge in [0.15, 0.2) is 0 Å². The zero-order valence-electron chi connectivity index (χ0n) is 29.1. The molecule has 0 radical (unpaired) electrons. The van der Waals surface area contributed by atoms with Crippen LogP contribution in [0.3, 0.4) is 0 Å². The number of anilines is 1. The number of hydrogen-bond donors (Lipinski definition) is 6. The van der Waals surface area contributed by atoms with Crippen molar-refractivity contribution in [2.45, 2.75) is 88.6 Å². The molecule has 3 fully saturated rings. The summed E-state index contributed by atoms with van der Waals surface area (Å²) in [4.78, 5) is 77.6. The van der Waals surface area contributed by atoms with Gasteiger partial charge in [-0.05, 0) is 62.5 Å². The van der Waals surface area contributed by atoms with E-state index in [0.717, 1.165) is 54.7 Å². The Hall–Kier alpha value is -4.45. The van der Waals surface area contributed by atoms with Gasteiger partial charge < -0.3 is 31.5 Å². The minimum absolute atomic E-state index is 0.0750. The number of nitrogens with one attached hydrogen (secondary N) is 6. The number of nitrogens with zero attached hydrogens (tertiary/aromatic N) is 5. The maximum Gasteiger partial charge on any atom is 0.265 e. The van der Waals surface area contributed by atoms with E-state index in [-0.39, 0.29) is 62.4 Å². The first kappa shape index (κ1) is 35.6. The van der Waals surface area contributed by atoms with Gasteiger partial charge in [0.25, 0.3) is 11.8 Å². The predicted octanol–water partition coefficient (Wildman–Crippen LogP) is 1.27. The smallest absolute Gasteiger partial charge is 0.265 e. The molecule has 8 aliphatic rings. The van der Waals surface area contributed by atoms with Crippen LogP contribution >= 0.6 is 22.9 Å². The molecule has 18 heteroatoms. The van der Waals surface area contributed by atoms with Crippen LogP contribution in [-0.2, 0) is 38.7 Å². The number of aromatic nitrogens is 4. The lowest BCUT2D eigenvalue weighted by Crippen LogP contribution is -2.56. The first-order valence-electron chi connectivity index (χ1n) is 18.3. The van der Waals surface area contributed by atoms with Crippen molar-refractivity contribution in [3.05, 3.63) is 44.5 Å². The Morgan fingerprint density at radius 1 is 0.868 bits per heavy atom. The number of rotatable bonds is 2. The van der Waals surface area contributed by atoms with Gasteiger partial charge in [0.2, 0.25) is 23.7 Å². The third kappa shape index (κ3) is 7.79. The highest BCUT2D eigenvalue weighted by molar-refractivity contribution is 7.14. The van der Waals surface area contributed by atoms with E-state index in [1.165, 1.54) is 16.2 Å². The van der Waals surface area contributed by atoms with Crippen molar-refractivity contribution in [2.24, 2.45) is 5.92 Å². The molecule has 1 saturated heterocycles. The van der Waals surface area contributed by atoms with E-state index in [9.17, 15) is 24.0 Å². The normalized spacial score (nSPS) is 25.8. The molecule has 11 rings (SSSR count). The summed E-state index contributed by atoms with van der Waals surface area (Å²) in [6.07, 6.45) is 9.59. The SMILES string of the molecule is O=C1CNCCNC(=O)CNC2CCC(CC2)Nc2ncc(Cl)c(n2)-c2cnn(c2CC2CC2)C2CC(C(=O)NC2=O)N2Cc3cc(sc3C2=O)CN1. The van der Waals surface area contributed by atoms with Gasteiger partial charge in [-0.3, -0.25) is 34.0 Å². The number of piperidine rings is 1. The minimum atomic E-state index is -0.880. The van der Waals surface area contributed by atoms with Gasteiger partial charge in [0.1, 0.15) is 12.1 Å². The van der Waals surface area contributed by atoms with E-state index in [2.05, 4.69) is 36.9 Å². The molecule has 2 saturated carbocycles. The van der Waals surface area contributed by atoms with Gasteiger partial charge in [-0.15, -0.1) is 11.3 Å². The molecule has 53 heavy (non-hydrogen) atoms. The molecule has 2 unspecified atom stereocenters. The van der Waals surface area contributed by atoms with Crippen LogP contribution in [0, 0.1) is 5.92 Å². The average molecular weight is 764 g/mol. The molecule has 9 heterocycles. The molecule has 6 N–H and O–H groups in total. The lowest BCUT2D eigenvalue weighted by Gasteiger charge is -2.34. The standard InChI is InChI=1S/C35H42ClN11O5S/c36-24-14-41-35-43-21-5-3-20(4-6-21)39-16-29(49)38-8-7-37-15-28(48)40-12-22-10-19-17-46(34(52)31(19)53-22)26-11-27(33(51)45-32(26)50)47-25(9-18-1-2-18)23(13-42-47)30(24)44-35/h10,13-14,18,20-21,26-27,37,39H,1-9,11-12,15-17H2,(H,38,49)(H,40,48)(H,41,43,44)(H,45,50,51). The van der Waals surface area contributed by atoms with Crippen LogP contribution in [0.5, 0.6) is 0 Å². The van der Waals surface area contributed by atoms with E-state index < -0.39 is 23.9 Å². The molecule has 12 bridgehead atoms. The molecule has 3 aromatic heterocycles. The maximum atomic E-state index is 13.7. The van der Waals surface area contributed by atoms with Crippen LogP contribution in [0.25, 0.3) is 11.3 Å². The number of carbonyl (C=O) groups excluding carboxylic acids is 5. The Balaban J connectivity index is 1.06. The fraction of sp³-hybridized carbons (Fsp3) is 0.543. The highest BCUT2D eigenvalue weighted by Crippen LogP contribution is 2.40. The summed E-state index contributed by atoms with van der Waals surface area (Å²) in [7, 11) is 0. The average Bonchev–Trinajstić information content (AvgIpc) is 3.61. The lowest BCUT2D eigenvalue weighted by molar-refractivity contribution is -0.140. The summed E-state index contributed by atoms with van der Waals surface area (Å²) >= 11 is 8.02. The van der Waals surface area contributed by atoms with E-state index in [1.807, 2.05) is 6.07 Å². The van der Waals surface area contributed by atoms with E-state index in [0.29, 0.717) is 52.5 Å². The Bertz CT molecular complexity index is 1940. The fourth-order valence-electron chi connectivity index (χ4n) is 7.65. The maximum absolute atomic E-state index is 13.7. The number of thiophene rings is 1. The molecule has 3 aromatic rings. The third-order valence-electron chi connectivity index (χ3n) is 10.7. The largest absolute Gasteiger partial charge is 0.354 e. The van der Waals surface area contributed by atoms with Gasteiger partial charge in [-0.1, -0.05) is 11.6 Å². The van der Waals surface area contributed by atoms with E-state index in [1.54, 1.807) is 17.1 Å². The molecule has 280 valence electrons. The molecule has 0 spiro atoms. The zero-order chi connectivity index (χ0) is 36.6. The summed E-state index contributed by atoms with van der Waals surface area (Å²) < 4.78 is 1.69. The zero-order valence-corrected chi connectivity index (χ0v) is 30.7. The molecule has 2 aliphatic carbocycles. The fourth-order valence-corrected chi connectivity index (χ4v) is 8.90. The Kier molecular flexibility index (Phi) is 10.1. The lowest BCUT2D eigenvalue weighted by atomic mass is 9.91. The topological polar surface area (TPSA) is 204 Å². The second kappa shape index (κ2) is 15.1.